The molecule has 0 aliphatic carbocycles. The Morgan fingerprint density at radius 1 is 1.04 bits per heavy atom. The second-order valence-corrected chi connectivity index (χ2v) is 6.47. The Kier molecular flexibility index (Phi) is 5.89. The van der Waals surface area contributed by atoms with Crippen LogP contribution in [0.3, 0.4) is 0 Å². The average molecular weight is 349 g/mol. The molecule has 5 heteroatoms. The first-order chi connectivity index (χ1) is 12.7. The number of para-hydroxylation sites is 1. The molecule has 3 heterocycles. The van der Waals surface area contributed by atoms with Crippen molar-refractivity contribution >= 4 is 28.1 Å². The number of aromatic nitrogens is 2. The summed E-state index contributed by atoms with van der Waals surface area (Å²) >= 11 is 0. The van der Waals surface area contributed by atoms with Gasteiger partial charge in [0.2, 0.25) is 0 Å². The molecule has 1 unspecified atom stereocenters. The van der Waals surface area contributed by atoms with E-state index in [0.717, 1.165) is 23.6 Å². The van der Waals surface area contributed by atoms with Crippen LogP contribution in [0.25, 0.3) is 10.9 Å². The highest BCUT2D eigenvalue weighted by atomic mass is 15.2. The molecule has 2 aromatic heterocycles. The number of pyridine rings is 2. The van der Waals surface area contributed by atoms with E-state index in [0.29, 0.717) is 6.04 Å². The van der Waals surface area contributed by atoms with Gasteiger partial charge in [-0.25, -0.2) is 4.98 Å². The molecule has 0 bridgehead atoms. The normalized spacial score (nSPS) is 16.1. The lowest BCUT2D eigenvalue weighted by molar-refractivity contribution is 0.734. The quantitative estimate of drug-likeness (QED) is 0.734. The zero-order chi connectivity index (χ0) is 18.4. The molecule has 1 atom stereocenters. The number of nitrogens with zero attached hydrogens (tertiary/aromatic N) is 3. The van der Waals surface area contributed by atoms with Crippen molar-refractivity contribution in [2.75, 3.05) is 36.2 Å². The Bertz CT molecular complexity index is 783. The fourth-order valence-corrected chi connectivity index (χ4v) is 3.31. The molecule has 3 aromatic rings. The smallest absolute Gasteiger partial charge is 0.149 e. The van der Waals surface area contributed by atoms with Crippen LogP contribution in [0.2, 0.25) is 0 Å². The Labute approximate surface area is 155 Å². The monoisotopic (exact) mass is 349 g/mol. The van der Waals surface area contributed by atoms with Crippen LogP contribution in [-0.2, 0) is 0 Å². The third kappa shape index (κ3) is 4.04. The minimum atomic E-state index is 0.612. The maximum atomic E-state index is 4.43. The van der Waals surface area contributed by atoms with E-state index in [-0.39, 0.29) is 0 Å². The summed E-state index contributed by atoms with van der Waals surface area (Å²) in [5.74, 6) is 0.966. The van der Waals surface area contributed by atoms with Gasteiger partial charge in [0, 0.05) is 38.3 Å². The van der Waals surface area contributed by atoms with E-state index in [1.165, 1.54) is 23.9 Å². The van der Waals surface area contributed by atoms with Crippen molar-refractivity contribution in [2.45, 2.75) is 25.8 Å². The van der Waals surface area contributed by atoms with Gasteiger partial charge in [0.05, 0.1) is 23.1 Å². The van der Waals surface area contributed by atoms with Crippen LogP contribution in [0.1, 0.15) is 19.8 Å². The predicted molar refractivity (Wildman–Crippen MR) is 111 cm³/mol. The molecule has 0 saturated carbocycles. The fraction of sp³-hybridized carbons (Fsp3) is 0.333. The highest BCUT2D eigenvalue weighted by Crippen LogP contribution is 2.32. The second-order valence-electron chi connectivity index (χ2n) is 6.47. The van der Waals surface area contributed by atoms with Crippen LogP contribution < -0.4 is 15.5 Å². The van der Waals surface area contributed by atoms with Crippen LogP contribution in [0.4, 0.5) is 17.2 Å². The van der Waals surface area contributed by atoms with Crippen LogP contribution in [0, 0.1) is 0 Å². The zero-order valence-electron chi connectivity index (χ0n) is 15.7. The van der Waals surface area contributed by atoms with Gasteiger partial charge in [0.15, 0.2) is 0 Å². The van der Waals surface area contributed by atoms with Gasteiger partial charge in [-0.15, -0.1) is 0 Å². The average Bonchev–Trinajstić information content (AvgIpc) is 3.13. The standard InChI is InChI=1S/C12H20N4.C9H7N/c1-9-5-4-6-16(9)11-7-10(13-2)8-15-12(11)14-3;1-2-6-9-8(4-1)5-3-7-10-9/h7-9,13H,4-6H2,1-3H3,(H,14,15);1-7H. The molecule has 1 aliphatic rings. The molecule has 4 rings (SSSR count). The third-order valence-electron chi connectivity index (χ3n) is 4.77. The van der Waals surface area contributed by atoms with Gasteiger partial charge in [-0.2, -0.15) is 0 Å². The highest BCUT2D eigenvalue weighted by Gasteiger charge is 2.23. The van der Waals surface area contributed by atoms with Crippen molar-refractivity contribution in [1.82, 2.24) is 9.97 Å². The van der Waals surface area contributed by atoms with Crippen molar-refractivity contribution in [3.05, 3.63) is 54.9 Å². The van der Waals surface area contributed by atoms with E-state index in [4.69, 9.17) is 0 Å². The minimum absolute atomic E-state index is 0.612. The van der Waals surface area contributed by atoms with Crippen LogP contribution >= 0.6 is 0 Å². The molecule has 5 nitrogen and oxygen atoms in total. The highest BCUT2D eigenvalue weighted by molar-refractivity contribution is 5.77. The van der Waals surface area contributed by atoms with Gasteiger partial charge >= 0.3 is 0 Å². The molecular formula is C21H27N5. The van der Waals surface area contributed by atoms with Gasteiger partial charge in [-0.3, -0.25) is 4.98 Å². The van der Waals surface area contributed by atoms with E-state index in [9.17, 15) is 0 Å². The summed E-state index contributed by atoms with van der Waals surface area (Å²) in [6.07, 6.45) is 6.21. The largest absolute Gasteiger partial charge is 0.387 e. The first-order valence-electron chi connectivity index (χ1n) is 9.15. The number of anilines is 3. The van der Waals surface area contributed by atoms with Crippen molar-refractivity contribution in [1.29, 1.82) is 0 Å². The Balaban J connectivity index is 0.000000167. The van der Waals surface area contributed by atoms with Gasteiger partial charge in [0.25, 0.3) is 0 Å². The van der Waals surface area contributed by atoms with E-state index < -0.39 is 0 Å². The summed E-state index contributed by atoms with van der Waals surface area (Å²) in [5.41, 5.74) is 3.33. The summed E-state index contributed by atoms with van der Waals surface area (Å²) in [4.78, 5) is 11.0. The molecule has 0 amide bonds. The Morgan fingerprint density at radius 3 is 2.54 bits per heavy atom. The van der Waals surface area contributed by atoms with Crippen LogP contribution in [-0.4, -0.2) is 36.6 Å². The first kappa shape index (κ1) is 18.0. The van der Waals surface area contributed by atoms with Crippen molar-refractivity contribution in [2.24, 2.45) is 0 Å². The molecule has 2 N–H and O–H groups in total. The molecule has 26 heavy (non-hydrogen) atoms. The lowest BCUT2D eigenvalue weighted by Crippen LogP contribution is -2.27. The maximum absolute atomic E-state index is 4.43. The maximum Gasteiger partial charge on any atom is 0.149 e. The van der Waals surface area contributed by atoms with Gasteiger partial charge < -0.3 is 15.5 Å². The summed E-state index contributed by atoms with van der Waals surface area (Å²) < 4.78 is 0. The summed E-state index contributed by atoms with van der Waals surface area (Å²) in [6.45, 7) is 3.41. The van der Waals surface area contributed by atoms with Crippen molar-refractivity contribution in [3.8, 4) is 0 Å². The number of hydrogen-bond acceptors (Lipinski definition) is 5. The topological polar surface area (TPSA) is 53.1 Å². The van der Waals surface area contributed by atoms with E-state index >= 15 is 0 Å². The number of fused-ring (bicyclic) bond motifs is 1. The summed E-state index contributed by atoms with van der Waals surface area (Å²) in [5, 5.41) is 7.50. The van der Waals surface area contributed by atoms with Crippen molar-refractivity contribution in [3.63, 3.8) is 0 Å². The molecule has 1 fully saturated rings. The van der Waals surface area contributed by atoms with E-state index in [2.05, 4.69) is 50.6 Å². The van der Waals surface area contributed by atoms with E-state index in [1.54, 1.807) is 0 Å². The zero-order valence-corrected chi connectivity index (χ0v) is 15.7. The molecule has 136 valence electrons. The fourth-order valence-electron chi connectivity index (χ4n) is 3.31. The number of rotatable bonds is 3. The van der Waals surface area contributed by atoms with Crippen LogP contribution in [0.5, 0.6) is 0 Å². The summed E-state index contributed by atoms with van der Waals surface area (Å²) in [6, 6.07) is 14.9. The molecule has 0 radical (unpaired) electrons. The first-order valence-corrected chi connectivity index (χ1v) is 9.15. The third-order valence-corrected chi connectivity index (χ3v) is 4.77. The molecular weight excluding hydrogens is 322 g/mol. The van der Waals surface area contributed by atoms with Gasteiger partial charge in [0.1, 0.15) is 5.82 Å². The molecule has 1 aliphatic heterocycles. The second kappa shape index (κ2) is 8.52. The van der Waals surface area contributed by atoms with Crippen LogP contribution in [0.15, 0.2) is 54.9 Å². The molecule has 0 spiro atoms. The summed E-state index contributed by atoms with van der Waals surface area (Å²) in [7, 11) is 3.85. The van der Waals surface area contributed by atoms with E-state index in [1.807, 2.05) is 50.8 Å². The Morgan fingerprint density at radius 2 is 1.85 bits per heavy atom. The number of nitrogens with one attached hydrogen (secondary N) is 2. The molecule has 1 saturated heterocycles. The molecule has 1 aromatic carbocycles. The number of benzene rings is 1. The SMILES string of the molecule is CNc1cnc(NC)c(N2CCCC2C)c1.c1ccc2ncccc2c1. The van der Waals surface area contributed by atoms with Crippen molar-refractivity contribution < 1.29 is 0 Å². The predicted octanol–water partition coefficient (Wildman–Crippen LogP) is 4.39. The minimum Gasteiger partial charge on any atom is -0.387 e. The Hall–Kier alpha value is -2.82. The lowest BCUT2D eigenvalue weighted by Gasteiger charge is -2.26. The number of hydrogen-bond donors (Lipinski definition) is 2. The van der Waals surface area contributed by atoms with Gasteiger partial charge in [-0.1, -0.05) is 24.3 Å². The van der Waals surface area contributed by atoms with Gasteiger partial charge in [-0.05, 0) is 38.0 Å². The lowest BCUT2D eigenvalue weighted by atomic mass is 10.2.